The number of carbonyl (C=O) groups excluding carboxylic acids is 2. The summed E-state index contributed by atoms with van der Waals surface area (Å²) in [6, 6.07) is 13.8. The molecule has 0 unspecified atom stereocenters. The van der Waals surface area contributed by atoms with Crippen molar-refractivity contribution in [1.29, 1.82) is 0 Å². The molecule has 0 fully saturated rings. The Morgan fingerprint density at radius 3 is 2.37 bits per heavy atom. The molecule has 0 saturated carbocycles. The molecule has 1 aliphatic heterocycles. The molecular weight excluding hydrogens is 446 g/mol. The number of fused-ring (bicyclic) bond motifs is 2. The minimum atomic E-state index is -0.497. The SMILES string of the molecule is CCOC(=O)Nc1ccc2c(c1)N(C(=O)C[N+](C)(C)CC)c1ccccc1CC2.[Br-]. The number of hydrogen-bond acceptors (Lipinski definition) is 3. The van der Waals surface area contributed by atoms with Crippen molar-refractivity contribution >= 4 is 29.1 Å². The molecule has 2 aromatic carbocycles. The number of hydrogen-bond donors (Lipinski definition) is 1. The highest BCUT2D eigenvalue weighted by Crippen LogP contribution is 2.37. The van der Waals surface area contributed by atoms with Gasteiger partial charge in [0.05, 0.1) is 38.6 Å². The summed E-state index contributed by atoms with van der Waals surface area (Å²) in [5.74, 6) is 0.0423. The quantitative estimate of drug-likeness (QED) is 0.659. The van der Waals surface area contributed by atoms with E-state index < -0.39 is 6.09 Å². The molecule has 1 aliphatic rings. The Bertz CT molecular complexity index is 914. The molecule has 162 valence electrons. The van der Waals surface area contributed by atoms with Crippen molar-refractivity contribution in [3.8, 4) is 0 Å². The van der Waals surface area contributed by atoms with Crippen LogP contribution in [0.4, 0.5) is 21.9 Å². The summed E-state index contributed by atoms with van der Waals surface area (Å²) >= 11 is 0. The first kappa shape index (κ1) is 23.9. The molecule has 1 N–H and O–H groups in total. The van der Waals surface area contributed by atoms with E-state index in [4.69, 9.17) is 4.74 Å². The first-order chi connectivity index (χ1) is 13.8. The van der Waals surface area contributed by atoms with Crippen LogP contribution in [0, 0.1) is 0 Å². The van der Waals surface area contributed by atoms with Gasteiger partial charge in [0.25, 0.3) is 5.91 Å². The van der Waals surface area contributed by atoms with E-state index in [2.05, 4.69) is 32.4 Å². The summed E-state index contributed by atoms with van der Waals surface area (Å²) in [6.45, 7) is 5.40. The largest absolute Gasteiger partial charge is 1.00 e. The third-order valence-electron chi connectivity index (χ3n) is 5.41. The highest BCUT2D eigenvalue weighted by molar-refractivity contribution is 6.03. The van der Waals surface area contributed by atoms with Crippen LogP contribution >= 0.6 is 0 Å². The van der Waals surface area contributed by atoms with E-state index in [1.165, 1.54) is 0 Å². The van der Waals surface area contributed by atoms with Gasteiger partial charge in [-0.25, -0.2) is 4.79 Å². The molecule has 0 saturated heterocycles. The van der Waals surface area contributed by atoms with Gasteiger partial charge in [-0.1, -0.05) is 24.3 Å². The van der Waals surface area contributed by atoms with E-state index >= 15 is 0 Å². The van der Waals surface area contributed by atoms with Gasteiger partial charge in [0.1, 0.15) is 0 Å². The molecule has 0 spiro atoms. The van der Waals surface area contributed by atoms with Gasteiger partial charge in [0.2, 0.25) is 0 Å². The molecule has 2 amide bonds. The van der Waals surface area contributed by atoms with Crippen LogP contribution in [0.2, 0.25) is 0 Å². The van der Waals surface area contributed by atoms with E-state index in [1.54, 1.807) is 6.92 Å². The summed E-state index contributed by atoms with van der Waals surface area (Å²) in [7, 11) is 4.11. The zero-order valence-electron chi connectivity index (χ0n) is 18.1. The molecule has 7 heteroatoms. The molecule has 6 nitrogen and oxygen atoms in total. The van der Waals surface area contributed by atoms with Crippen LogP contribution in [-0.4, -0.2) is 50.3 Å². The van der Waals surface area contributed by atoms with Crippen molar-refractivity contribution in [2.24, 2.45) is 0 Å². The topological polar surface area (TPSA) is 58.6 Å². The fourth-order valence-electron chi connectivity index (χ4n) is 3.50. The number of para-hydroxylation sites is 1. The Kier molecular flexibility index (Phi) is 8.03. The van der Waals surface area contributed by atoms with Crippen molar-refractivity contribution in [2.45, 2.75) is 26.7 Å². The predicted octanol–water partition coefficient (Wildman–Crippen LogP) is 1.12. The smallest absolute Gasteiger partial charge is 0.411 e. The number of anilines is 3. The average molecular weight is 476 g/mol. The van der Waals surface area contributed by atoms with Crippen molar-refractivity contribution < 1.29 is 35.8 Å². The molecule has 3 rings (SSSR count). The predicted molar refractivity (Wildman–Crippen MR) is 116 cm³/mol. The number of likely N-dealkylation sites (N-methyl/N-ethyl adjacent to an activating group) is 1. The molecule has 0 aliphatic carbocycles. The second kappa shape index (κ2) is 10.1. The van der Waals surface area contributed by atoms with Crippen LogP contribution < -0.4 is 27.2 Å². The average Bonchev–Trinajstić information content (AvgIpc) is 2.84. The minimum Gasteiger partial charge on any atom is -1.00 e. The van der Waals surface area contributed by atoms with Gasteiger partial charge in [-0.05, 0) is 56.0 Å². The van der Waals surface area contributed by atoms with Crippen molar-refractivity contribution in [3.05, 3.63) is 53.6 Å². The molecule has 30 heavy (non-hydrogen) atoms. The Morgan fingerprint density at radius 1 is 1.03 bits per heavy atom. The van der Waals surface area contributed by atoms with Crippen LogP contribution in [0.25, 0.3) is 0 Å². The van der Waals surface area contributed by atoms with Crippen LogP contribution in [-0.2, 0) is 22.4 Å². The van der Waals surface area contributed by atoms with Crippen LogP contribution in [0.5, 0.6) is 0 Å². The third kappa shape index (κ3) is 5.40. The number of ether oxygens (including phenoxy) is 1. The number of rotatable bonds is 5. The number of nitrogens with zero attached hydrogens (tertiary/aromatic N) is 2. The fraction of sp³-hybridized carbons (Fsp3) is 0.391. The maximum atomic E-state index is 13.5. The summed E-state index contributed by atoms with van der Waals surface area (Å²) in [5, 5.41) is 2.75. The first-order valence-electron chi connectivity index (χ1n) is 10.1. The maximum Gasteiger partial charge on any atom is 0.411 e. The maximum absolute atomic E-state index is 13.5. The normalized spacial score (nSPS) is 12.7. The zero-order valence-corrected chi connectivity index (χ0v) is 19.7. The third-order valence-corrected chi connectivity index (χ3v) is 5.41. The second-order valence-corrected chi connectivity index (χ2v) is 7.96. The molecule has 0 aromatic heterocycles. The van der Waals surface area contributed by atoms with Crippen molar-refractivity contribution in [1.82, 2.24) is 0 Å². The van der Waals surface area contributed by atoms with Gasteiger partial charge in [-0.3, -0.25) is 15.0 Å². The minimum absolute atomic E-state index is 0. The monoisotopic (exact) mass is 475 g/mol. The van der Waals surface area contributed by atoms with E-state index in [0.29, 0.717) is 23.3 Å². The second-order valence-electron chi connectivity index (χ2n) is 7.96. The number of nitrogens with one attached hydrogen (secondary N) is 1. The lowest BCUT2D eigenvalue weighted by Crippen LogP contribution is -3.00. The Labute approximate surface area is 189 Å². The molecule has 2 aromatic rings. The van der Waals surface area contributed by atoms with E-state index in [0.717, 1.165) is 41.9 Å². The molecule has 1 heterocycles. The molecule has 0 radical (unpaired) electrons. The van der Waals surface area contributed by atoms with E-state index in [9.17, 15) is 9.59 Å². The summed E-state index contributed by atoms with van der Waals surface area (Å²) < 4.78 is 5.60. The summed E-state index contributed by atoms with van der Waals surface area (Å²) in [4.78, 5) is 27.2. The Morgan fingerprint density at radius 2 is 1.70 bits per heavy atom. The number of benzene rings is 2. The number of aryl methyl sites for hydroxylation is 2. The Hall–Kier alpha value is -2.38. The number of halogens is 1. The lowest BCUT2D eigenvalue weighted by Gasteiger charge is -2.32. The molecule has 0 atom stereocenters. The van der Waals surface area contributed by atoms with Crippen LogP contribution in [0.1, 0.15) is 25.0 Å². The number of amides is 2. The number of carbonyl (C=O) groups is 2. The summed E-state index contributed by atoms with van der Waals surface area (Å²) in [5.41, 5.74) is 4.60. The van der Waals surface area contributed by atoms with Gasteiger partial charge in [0, 0.05) is 5.69 Å². The van der Waals surface area contributed by atoms with Crippen LogP contribution in [0.15, 0.2) is 42.5 Å². The molecular formula is C23H30BrN3O3. The first-order valence-corrected chi connectivity index (χ1v) is 10.1. The lowest BCUT2D eigenvalue weighted by molar-refractivity contribution is -0.880. The fourth-order valence-corrected chi connectivity index (χ4v) is 3.50. The van der Waals surface area contributed by atoms with Crippen molar-refractivity contribution in [2.75, 3.05) is 44.0 Å². The highest BCUT2D eigenvalue weighted by Gasteiger charge is 2.30. The van der Waals surface area contributed by atoms with E-state index in [-0.39, 0.29) is 22.9 Å². The highest BCUT2D eigenvalue weighted by atomic mass is 79.9. The van der Waals surface area contributed by atoms with E-state index in [1.807, 2.05) is 41.3 Å². The summed E-state index contributed by atoms with van der Waals surface area (Å²) in [6.07, 6.45) is 1.20. The standard InChI is InChI=1S/C23H29N3O3.BrH/c1-5-26(3,4)16-22(27)25-20-10-8-7-9-17(20)11-12-18-13-14-19(15-21(18)25)24-23(28)29-6-2;/h7-10,13-15H,5-6,11-12,16H2,1-4H3;1H. The van der Waals surface area contributed by atoms with Gasteiger partial charge in [-0.15, -0.1) is 0 Å². The lowest BCUT2D eigenvalue weighted by atomic mass is 10.0. The van der Waals surface area contributed by atoms with Gasteiger partial charge in [-0.2, -0.15) is 0 Å². The Balaban J connectivity index is 0.00000320. The van der Waals surface area contributed by atoms with Crippen LogP contribution in [0.3, 0.4) is 0 Å². The molecule has 0 bridgehead atoms. The zero-order chi connectivity index (χ0) is 21.0. The number of quaternary nitrogens is 1. The van der Waals surface area contributed by atoms with Gasteiger partial charge < -0.3 is 26.2 Å². The van der Waals surface area contributed by atoms with Gasteiger partial charge in [0.15, 0.2) is 6.54 Å². The van der Waals surface area contributed by atoms with Gasteiger partial charge >= 0.3 is 6.09 Å². The van der Waals surface area contributed by atoms with Crippen molar-refractivity contribution in [3.63, 3.8) is 0 Å².